The second kappa shape index (κ2) is 50.3. The molecule has 0 saturated carbocycles. The lowest BCUT2D eigenvalue weighted by molar-refractivity contribution is -0.167. The summed E-state index contributed by atoms with van der Waals surface area (Å²) in [5, 5.41) is 0. The van der Waals surface area contributed by atoms with Crippen LogP contribution in [0.15, 0.2) is 0 Å². The summed E-state index contributed by atoms with van der Waals surface area (Å²) in [6.45, 7) is 13.8. The zero-order valence-corrected chi connectivity index (χ0v) is 44.8. The predicted octanol–water partition coefficient (Wildman–Crippen LogP) is 19.1. The van der Waals surface area contributed by atoms with Crippen LogP contribution in [0.5, 0.6) is 0 Å². The summed E-state index contributed by atoms with van der Waals surface area (Å²) in [5.41, 5.74) is 0. The number of carbonyl (C=O) groups excluding carboxylic acids is 3. The number of unbranched alkanes of at least 4 members (excludes halogenated alkanes) is 34. The molecule has 1 unspecified atom stereocenters. The predicted molar refractivity (Wildman–Crippen MR) is 279 cm³/mol. The first-order chi connectivity index (χ1) is 31.6. The van der Waals surface area contributed by atoms with E-state index >= 15 is 0 Å². The van der Waals surface area contributed by atoms with Crippen LogP contribution in [0.2, 0.25) is 0 Å². The Morgan fingerprint density at radius 2 is 0.538 bits per heavy atom. The smallest absolute Gasteiger partial charge is 0.306 e. The Morgan fingerprint density at radius 1 is 0.308 bits per heavy atom. The van der Waals surface area contributed by atoms with Crippen LogP contribution in [0.4, 0.5) is 0 Å². The van der Waals surface area contributed by atoms with Crippen molar-refractivity contribution in [3.63, 3.8) is 0 Å². The lowest BCUT2D eigenvalue weighted by Gasteiger charge is -2.18. The van der Waals surface area contributed by atoms with E-state index in [0.717, 1.165) is 75.5 Å². The standard InChI is InChI=1S/C59H114O6/c1-7-55(6)47-41-35-29-23-18-19-24-30-36-42-48-57(60)63-51-56(52-64-58(61)49-43-37-31-26-20-22-28-34-40-46-54(4)5)65-59(62)50-44-38-32-25-17-15-13-11-9-8-10-12-14-16-21-27-33-39-45-53(2)3/h53-56H,7-52H2,1-6H3/t55?,56-/m1/s1. The fraction of sp³-hybridized carbons (Fsp3) is 0.949. The molecule has 0 saturated heterocycles. The fourth-order valence-electron chi connectivity index (χ4n) is 8.97. The van der Waals surface area contributed by atoms with Gasteiger partial charge in [-0.2, -0.15) is 0 Å². The average molecular weight is 920 g/mol. The van der Waals surface area contributed by atoms with Gasteiger partial charge in [0, 0.05) is 19.3 Å². The topological polar surface area (TPSA) is 78.9 Å². The van der Waals surface area contributed by atoms with Gasteiger partial charge in [-0.05, 0) is 37.0 Å². The molecule has 0 radical (unpaired) electrons. The van der Waals surface area contributed by atoms with Gasteiger partial charge in [0.15, 0.2) is 6.10 Å². The molecule has 0 aliphatic rings. The van der Waals surface area contributed by atoms with Gasteiger partial charge in [-0.15, -0.1) is 0 Å². The van der Waals surface area contributed by atoms with Gasteiger partial charge in [0.2, 0.25) is 0 Å². The number of carbonyl (C=O) groups is 3. The number of hydrogen-bond donors (Lipinski definition) is 0. The zero-order chi connectivity index (χ0) is 47.7. The molecule has 0 aromatic carbocycles. The van der Waals surface area contributed by atoms with Crippen LogP contribution in [-0.2, 0) is 28.6 Å². The second-order valence-corrected chi connectivity index (χ2v) is 21.5. The van der Waals surface area contributed by atoms with E-state index < -0.39 is 6.10 Å². The molecule has 0 heterocycles. The molecule has 0 bridgehead atoms. The van der Waals surface area contributed by atoms with E-state index in [-0.39, 0.29) is 31.1 Å². The quantitative estimate of drug-likeness (QED) is 0.0344. The highest BCUT2D eigenvalue weighted by Gasteiger charge is 2.19. The Balaban J connectivity index is 4.26. The van der Waals surface area contributed by atoms with Crippen molar-refractivity contribution in [1.82, 2.24) is 0 Å². The van der Waals surface area contributed by atoms with Gasteiger partial charge in [0.1, 0.15) is 13.2 Å². The van der Waals surface area contributed by atoms with Gasteiger partial charge in [0.05, 0.1) is 0 Å². The molecule has 0 rings (SSSR count). The highest BCUT2D eigenvalue weighted by atomic mass is 16.6. The van der Waals surface area contributed by atoms with Crippen LogP contribution in [-0.4, -0.2) is 37.2 Å². The molecule has 0 fully saturated rings. The number of rotatable bonds is 52. The van der Waals surface area contributed by atoms with E-state index in [9.17, 15) is 14.4 Å². The lowest BCUT2D eigenvalue weighted by Crippen LogP contribution is -2.30. The van der Waals surface area contributed by atoms with Crippen LogP contribution in [0.1, 0.15) is 324 Å². The largest absolute Gasteiger partial charge is 0.462 e. The van der Waals surface area contributed by atoms with E-state index in [0.29, 0.717) is 19.3 Å². The Labute approximate surface area is 406 Å². The van der Waals surface area contributed by atoms with Gasteiger partial charge in [-0.25, -0.2) is 0 Å². The number of esters is 3. The third-order valence-corrected chi connectivity index (χ3v) is 13.8. The molecule has 0 aromatic heterocycles. The van der Waals surface area contributed by atoms with Crippen LogP contribution >= 0.6 is 0 Å². The van der Waals surface area contributed by atoms with E-state index in [4.69, 9.17) is 14.2 Å². The molecule has 65 heavy (non-hydrogen) atoms. The summed E-state index contributed by atoms with van der Waals surface area (Å²) >= 11 is 0. The molecule has 6 heteroatoms. The van der Waals surface area contributed by atoms with E-state index in [2.05, 4.69) is 41.5 Å². The van der Waals surface area contributed by atoms with Gasteiger partial charge in [-0.1, -0.05) is 286 Å². The van der Waals surface area contributed by atoms with E-state index in [1.807, 2.05) is 0 Å². The zero-order valence-electron chi connectivity index (χ0n) is 44.8. The maximum absolute atomic E-state index is 12.9. The maximum Gasteiger partial charge on any atom is 0.306 e. The van der Waals surface area contributed by atoms with Crippen molar-refractivity contribution in [3.8, 4) is 0 Å². The van der Waals surface area contributed by atoms with E-state index in [1.165, 1.54) is 205 Å². The Bertz CT molecular complexity index is 1010. The molecule has 0 amide bonds. The molecule has 0 N–H and O–H groups in total. The Morgan fingerprint density at radius 3 is 0.800 bits per heavy atom. The first-order valence-electron chi connectivity index (χ1n) is 29.1. The minimum atomic E-state index is -0.764. The number of hydrogen-bond acceptors (Lipinski definition) is 6. The summed E-state index contributed by atoms with van der Waals surface area (Å²) in [6.07, 6.45) is 52.4. The van der Waals surface area contributed by atoms with Crippen molar-refractivity contribution >= 4 is 17.9 Å². The first-order valence-corrected chi connectivity index (χ1v) is 29.1. The van der Waals surface area contributed by atoms with Crippen LogP contribution in [0.3, 0.4) is 0 Å². The normalized spacial score (nSPS) is 12.6. The average Bonchev–Trinajstić information content (AvgIpc) is 3.28. The number of ether oxygens (including phenoxy) is 3. The molecule has 386 valence electrons. The van der Waals surface area contributed by atoms with Crippen molar-refractivity contribution in [3.05, 3.63) is 0 Å². The van der Waals surface area contributed by atoms with Crippen molar-refractivity contribution in [2.75, 3.05) is 13.2 Å². The van der Waals surface area contributed by atoms with Crippen molar-refractivity contribution in [1.29, 1.82) is 0 Å². The summed E-state index contributed by atoms with van der Waals surface area (Å²) in [7, 11) is 0. The molecule has 0 spiro atoms. The highest BCUT2D eigenvalue weighted by molar-refractivity contribution is 5.71. The molecular weight excluding hydrogens is 805 g/mol. The van der Waals surface area contributed by atoms with Gasteiger partial charge >= 0.3 is 17.9 Å². The van der Waals surface area contributed by atoms with Crippen molar-refractivity contribution < 1.29 is 28.6 Å². The molecule has 0 aromatic rings. The third kappa shape index (κ3) is 51.6. The van der Waals surface area contributed by atoms with Crippen LogP contribution < -0.4 is 0 Å². The van der Waals surface area contributed by atoms with Gasteiger partial charge in [0.25, 0.3) is 0 Å². The van der Waals surface area contributed by atoms with Gasteiger partial charge in [-0.3, -0.25) is 14.4 Å². The van der Waals surface area contributed by atoms with Gasteiger partial charge < -0.3 is 14.2 Å². The molecule has 0 aliphatic carbocycles. The first kappa shape index (κ1) is 63.4. The SMILES string of the molecule is CCC(C)CCCCCCCCCCCCC(=O)OC[C@H](COC(=O)CCCCCCCCCCCC(C)C)OC(=O)CCCCCCCCCCCCCCCCCCCCC(C)C. The van der Waals surface area contributed by atoms with Crippen LogP contribution in [0, 0.1) is 17.8 Å². The minimum Gasteiger partial charge on any atom is -0.462 e. The summed E-state index contributed by atoms with van der Waals surface area (Å²) in [6, 6.07) is 0. The molecule has 0 aliphatic heterocycles. The Kier molecular flexibility index (Phi) is 49.1. The highest BCUT2D eigenvalue weighted by Crippen LogP contribution is 2.19. The molecular formula is C59H114O6. The summed E-state index contributed by atoms with van der Waals surface area (Å²) in [5.74, 6) is 1.69. The Hall–Kier alpha value is -1.59. The third-order valence-electron chi connectivity index (χ3n) is 13.8. The van der Waals surface area contributed by atoms with E-state index in [1.54, 1.807) is 0 Å². The summed E-state index contributed by atoms with van der Waals surface area (Å²) < 4.78 is 16.9. The monoisotopic (exact) mass is 919 g/mol. The second-order valence-electron chi connectivity index (χ2n) is 21.5. The maximum atomic E-state index is 12.9. The minimum absolute atomic E-state index is 0.0640. The fourth-order valence-corrected chi connectivity index (χ4v) is 8.97. The van der Waals surface area contributed by atoms with Crippen LogP contribution in [0.25, 0.3) is 0 Å². The lowest BCUT2D eigenvalue weighted by atomic mass is 9.99. The molecule has 6 nitrogen and oxygen atoms in total. The van der Waals surface area contributed by atoms with Crippen molar-refractivity contribution in [2.45, 2.75) is 330 Å². The molecule has 2 atom stereocenters. The summed E-state index contributed by atoms with van der Waals surface area (Å²) in [4.78, 5) is 38.1. The van der Waals surface area contributed by atoms with Crippen molar-refractivity contribution in [2.24, 2.45) is 17.8 Å².